The van der Waals surface area contributed by atoms with Gasteiger partial charge in [0.2, 0.25) is 0 Å². The zero-order valence-corrected chi connectivity index (χ0v) is 15.9. The van der Waals surface area contributed by atoms with Gasteiger partial charge in [-0.3, -0.25) is 5.43 Å². The van der Waals surface area contributed by atoms with E-state index in [1.165, 1.54) is 0 Å². The average molecular weight is 429 g/mol. The number of hydrazone groups is 1. The first-order valence-corrected chi connectivity index (χ1v) is 8.41. The van der Waals surface area contributed by atoms with Crippen LogP contribution in [0.5, 0.6) is 11.5 Å². The van der Waals surface area contributed by atoms with Crippen molar-refractivity contribution in [3.63, 3.8) is 0 Å². The van der Waals surface area contributed by atoms with E-state index in [1.54, 1.807) is 19.4 Å². The van der Waals surface area contributed by atoms with E-state index in [4.69, 9.17) is 26.8 Å². The van der Waals surface area contributed by atoms with Crippen molar-refractivity contribution in [2.45, 2.75) is 6.61 Å². The van der Waals surface area contributed by atoms with E-state index in [0.717, 1.165) is 15.6 Å². The second-order valence-corrected chi connectivity index (χ2v) is 6.41. The zero-order chi connectivity index (χ0) is 17.5. The number of hydrogen-bond acceptors (Lipinski definition) is 4. The number of benzene rings is 2. The summed E-state index contributed by atoms with van der Waals surface area (Å²) in [5.41, 5.74) is 9.61. The summed E-state index contributed by atoms with van der Waals surface area (Å²) in [4.78, 5) is 0. The third-order valence-electron chi connectivity index (χ3n) is 2.94. The minimum absolute atomic E-state index is 0.0974. The van der Waals surface area contributed by atoms with Crippen molar-refractivity contribution >= 4 is 51.1 Å². The molecule has 8 heteroatoms. The molecule has 24 heavy (non-hydrogen) atoms. The van der Waals surface area contributed by atoms with Crippen molar-refractivity contribution < 1.29 is 9.47 Å². The molecule has 2 aromatic rings. The van der Waals surface area contributed by atoms with Crippen LogP contribution in [-0.2, 0) is 6.61 Å². The number of hydrogen-bond donors (Lipinski definition) is 2. The zero-order valence-electron chi connectivity index (χ0n) is 12.8. The smallest absolute Gasteiger partial charge is 0.184 e. The maximum atomic E-state index is 5.88. The van der Waals surface area contributed by atoms with Crippen LogP contribution in [0, 0.1) is 0 Å². The first kappa shape index (κ1) is 18.5. The van der Waals surface area contributed by atoms with Gasteiger partial charge in [0.05, 0.1) is 17.8 Å². The summed E-state index contributed by atoms with van der Waals surface area (Å²) < 4.78 is 12.0. The van der Waals surface area contributed by atoms with Gasteiger partial charge < -0.3 is 15.2 Å². The van der Waals surface area contributed by atoms with Gasteiger partial charge in [0.25, 0.3) is 0 Å². The second-order valence-electron chi connectivity index (χ2n) is 4.68. The summed E-state index contributed by atoms with van der Waals surface area (Å²) in [6.07, 6.45) is 1.58. The van der Waals surface area contributed by atoms with E-state index in [-0.39, 0.29) is 5.11 Å². The van der Waals surface area contributed by atoms with Crippen LogP contribution >= 0.6 is 39.7 Å². The Morgan fingerprint density at radius 2 is 2.08 bits per heavy atom. The Bertz CT molecular complexity index is 754. The Hall–Kier alpha value is -1.83. The van der Waals surface area contributed by atoms with Gasteiger partial charge >= 0.3 is 0 Å². The van der Waals surface area contributed by atoms with Crippen LogP contribution in [0.3, 0.4) is 0 Å². The van der Waals surface area contributed by atoms with Crippen molar-refractivity contribution in [1.82, 2.24) is 5.43 Å². The minimum atomic E-state index is 0.0974. The van der Waals surface area contributed by atoms with Crippen molar-refractivity contribution in [2.24, 2.45) is 10.8 Å². The largest absolute Gasteiger partial charge is 0.493 e. The lowest BCUT2D eigenvalue weighted by molar-refractivity contribution is 0.282. The van der Waals surface area contributed by atoms with E-state index < -0.39 is 0 Å². The van der Waals surface area contributed by atoms with Gasteiger partial charge in [0.1, 0.15) is 6.61 Å². The highest BCUT2D eigenvalue weighted by Gasteiger charge is 2.11. The van der Waals surface area contributed by atoms with Crippen LogP contribution in [0.15, 0.2) is 46.0 Å². The summed E-state index contributed by atoms with van der Waals surface area (Å²) >= 11 is 14.1. The molecule has 0 unspecified atom stereocenters. The fourth-order valence-electron chi connectivity index (χ4n) is 1.86. The third kappa shape index (κ3) is 5.36. The molecule has 0 amide bonds. The number of halogens is 2. The van der Waals surface area contributed by atoms with Crippen LogP contribution in [0.2, 0.25) is 5.02 Å². The highest BCUT2D eigenvalue weighted by atomic mass is 79.9. The SMILES string of the molecule is COc1cc(/C=N/NC(N)=S)cc(Br)c1OCc1ccc(Cl)cc1. The Morgan fingerprint density at radius 1 is 1.38 bits per heavy atom. The number of nitrogens with one attached hydrogen (secondary N) is 1. The van der Waals surface area contributed by atoms with Gasteiger partial charge in [-0.25, -0.2) is 0 Å². The normalized spacial score (nSPS) is 10.6. The quantitative estimate of drug-likeness (QED) is 0.415. The molecule has 2 aromatic carbocycles. The molecule has 3 N–H and O–H groups in total. The van der Waals surface area contributed by atoms with Crippen LogP contribution in [-0.4, -0.2) is 18.4 Å². The molecule has 2 rings (SSSR count). The van der Waals surface area contributed by atoms with Crippen molar-refractivity contribution in [2.75, 3.05) is 7.11 Å². The molecule has 0 aliphatic rings. The fraction of sp³-hybridized carbons (Fsp3) is 0.125. The number of methoxy groups -OCH3 is 1. The van der Waals surface area contributed by atoms with E-state index in [2.05, 4.69) is 38.7 Å². The molecule has 0 spiro atoms. The summed E-state index contributed by atoms with van der Waals surface area (Å²) in [6, 6.07) is 11.1. The van der Waals surface area contributed by atoms with E-state index >= 15 is 0 Å². The Balaban J connectivity index is 2.15. The molecule has 0 saturated heterocycles. The molecular weight excluding hydrogens is 414 g/mol. The van der Waals surface area contributed by atoms with Gasteiger partial charge in [-0.05, 0) is 63.5 Å². The summed E-state index contributed by atoms with van der Waals surface area (Å²) in [5, 5.41) is 4.70. The number of nitrogens with two attached hydrogens (primary N) is 1. The Kier molecular flexibility index (Phi) is 6.84. The number of rotatable bonds is 6. The van der Waals surface area contributed by atoms with Gasteiger partial charge in [-0.2, -0.15) is 5.10 Å². The molecule has 0 aliphatic carbocycles. The van der Waals surface area contributed by atoms with Gasteiger partial charge in [-0.1, -0.05) is 23.7 Å². The minimum Gasteiger partial charge on any atom is -0.493 e. The molecule has 5 nitrogen and oxygen atoms in total. The lowest BCUT2D eigenvalue weighted by atomic mass is 10.2. The standard InChI is InChI=1S/C16H15BrClN3O2S/c1-22-14-7-11(8-20-21-16(19)24)6-13(17)15(14)23-9-10-2-4-12(18)5-3-10/h2-8H,9H2,1H3,(H3,19,21,24)/b20-8+. The number of ether oxygens (including phenoxy) is 2. The Morgan fingerprint density at radius 3 is 2.71 bits per heavy atom. The average Bonchev–Trinajstić information content (AvgIpc) is 2.54. The first-order valence-electron chi connectivity index (χ1n) is 6.83. The van der Waals surface area contributed by atoms with Crippen molar-refractivity contribution in [3.05, 3.63) is 57.0 Å². The van der Waals surface area contributed by atoms with Gasteiger partial charge in [0, 0.05) is 5.02 Å². The lowest BCUT2D eigenvalue weighted by Crippen LogP contribution is -2.23. The topological polar surface area (TPSA) is 68.9 Å². The van der Waals surface area contributed by atoms with E-state index in [1.807, 2.05) is 30.3 Å². The van der Waals surface area contributed by atoms with E-state index in [9.17, 15) is 0 Å². The number of thiocarbonyl (C=S) groups is 1. The van der Waals surface area contributed by atoms with E-state index in [0.29, 0.717) is 23.1 Å². The monoisotopic (exact) mass is 427 g/mol. The van der Waals surface area contributed by atoms with Crippen LogP contribution in [0.1, 0.15) is 11.1 Å². The summed E-state index contributed by atoms with van der Waals surface area (Å²) in [6.45, 7) is 0.391. The van der Waals surface area contributed by atoms with Crippen molar-refractivity contribution in [3.8, 4) is 11.5 Å². The highest BCUT2D eigenvalue weighted by Crippen LogP contribution is 2.36. The molecule has 0 radical (unpaired) electrons. The Labute approximate surface area is 158 Å². The van der Waals surface area contributed by atoms with Crippen LogP contribution < -0.4 is 20.6 Å². The second kappa shape index (κ2) is 8.86. The predicted octanol–water partition coefficient (Wildman–Crippen LogP) is 3.86. The third-order valence-corrected chi connectivity index (χ3v) is 3.87. The van der Waals surface area contributed by atoms with Crippen LogP contribution in [0.25, 0.3) is 0 Å². The molecule has 0 aliphatic heterocycles. The van der Waals surface area contributed by atoms with Gasteiger partial charge in [0.15, 0.2) is 16.6 Å². The molecule has 0 heterocycles. The summed E-state index contributed by atoms with van der Waals surface area (Å²) in [5.74, 6) is 1.18. The molecule has 0 atom stereocenters. The predicted molar refractivity (Wildman–Crippen MR) is 104 cm³/mol. The molecular formula is C16H15BrClN3O2S. The molecule has 0 aromatic heterocycles. The fourth-order valence-corrected chi connectivity index (χ4v) is 2.61. The van der Waals surface area contributed by atoms with Crippen LogP contribution in [0.4, 0.5) is 0 Å². The highest BCUT2D eigenvalue weighted by molar-refractivity contribution is 9.10. The molecule has 0 fully saturated rings. The molecule has 0 saturated carbocycles. The molecule has 126 valence electrons. The van der Waals surface area contributed by atoms with Crippen molar-refractivity contribution in [1.29, 1.82) is 0 Å². The lowest BCUT2D eigenvalue weighted by Gasteiger charge is -2.13. The van der Waals surface area contributed by atoms with Gasteiger partial charge in [-0.15, -0.1) is 0 Å². The maximum Gasteiger partial charge on any atom is 0.184 e. The maximum absolute atomic E-state index is 5.88. The number of nitrogens with zero attached hydrogens (tertiary/aromatic N) is 1. The molecule has 0 bridgehead atoms. The summed E-state index contributed by atoms with van der Waals surface area (Å²) in [7, 11) is 1.57. The first-order chi connectivity index (χ1) is 11.5.